The van der Waals surface area contributed by atoms with Crippen LogP contribution in [0.5, 0.6) is 0 Å². The van der Waals surface area contributed by atoms with Crippen molar-refractivity contribution in [2.45, 2.75) is 58.4 Å². The van der Waals surface area contributed by atoms with Gasteiger partial charge in [0, 0.05) is 24.8 Å². The van der Waals surface area contributed by atoms with E-state index in [4.69, 9.17) is 0 Å². The molecule has 3 heteroatoms. The summed E-state index contributed by atoms with van der Waals surface area (Å²) in [5, 5.41) is 8.35. The monoisotopic (exact) mass is 275 g/mol. The smallest absolute Gasteiger partial charge is 0.0669 e. The molecule has 3 nitrogen and oxygen atoms in total. The molecule has 2 aliphatic rings. The SMILES string of the molecule is CCNC(CC1CC2CCC1C2)c1cn(C)nc1CC. The quantitative estimate of drug-likeness (QED) is 0.861. The lowest BCUT2D eigenvalue weighted by molar-refractivity contribution is 0.280. The van der Waals surface area contributed by atoms with Crippen molar-refractivity contribution in [2.24, 2.45) is 24.8 Å². The molecule has 2 fully saturated rings. The van der Waals surface area contributed by atoms with Crippen LogP contribution in [0.3, 0.4) is 0 Å². The molecule has 0 aromatic carbocycles. The summed E-state index contributed by atoms with van der Waals surface area (Å²) >= 11 is 0. The van der Waals surface area contributed by atoms with Gasteiger partial charge in [0.15, 0.2) is 0 Å². The highest BCUT2D eigenvalue weighted by molar-refractivity contribution is 5.22. The van der Waals surface area contributed by atoms with Gasteiger partial charge in [0.05, 0.1) is 5.69 Å². The van der Waals surface area contributed by atoms with Gasteiger partial charge in [-0.05, 0) is 56.4 Å². The Morgan fingerprint density at radius 1 is 1.35 bits per heavy atom. The fourth-order valence-electron chi connectivity index (χ4n) is 4.65. The fraction of sp³-hybridized carbons (Fsp3) is 0.824. The zero-order valence-electron chi connectivity index (χ0n) is 13.2. The normalized spacial score (nSPS) is 30.1. The summed E-state index contributed by atoms with van der Waals surface area (Å²) in [7, 11) is 2.04. The Labute approximate surface area is 123 Å². The van der Waals surface area contributed by atoms with Gasteiger partial charge in [-0.2, -0.15) is 5.10 Å². The Bertz CT molecular complexity index is 451. The van der Waals surface area contributed by atoms with Gasteiger partial charge in [0.1, 0.15) is 0 Å². The average Bonchev–Trinajstić information content (AvgIpc) is 3.12. The zero-order chi connectivity index (χ0) is 14.1. The second-order valence-corrected chi connectivity index (χ2v) is 6.84. The molecule has 0 saturated heterocycles. The van der Waals surface area contributed by atoms with Gasteiger partial charge in [0.2, 0.25) is 0 Å². The molecule has 1 heterocycles. The Kier molecular flexibility index (Phi) is 4.16. The molecule has 4 atom stereocenters. The number of aryl methyl sites for hydroxylation is 2. The summed E-state index contributed by atoms with van der Waals surface area (Å²) in [5.41, 5.74) is 2.72. The van der Waals surface area contributed by atoms with Gasteiger partial charge >= 0.3 is 0 Å². The fourth-order valence-corrected chi connectivity index (χ4v) is 4.65. The summed E-state index contributed by atoms with van der Waals surface area (Å²) in [6.07, 6.45) is 10.6. The van der Waals surface area contributed by atoms with E-state index in [-0.39, 0.29) is 0 Å². The lowest BCUT2D eigenvalue weighted by Gasteiger charge is -2.27. The van der Waals surface area contributed by atoms with Gasteiger partial charge in [-0.25, -0.2) is 0 Å². The second-order valence-electron chi connectivity index (χ2n) is 6.84. The molecule has 4 unspecified atom stereocenters. The summed E-state index contributed by atoms with van der Waals surface area (Å²) in [4.78, 5) is 0. The van der Waals surface area contributed by atoms with E-state index in [0.717, 1.165) is 30.7 Å². The highest BCUT2D eigenvalue weighted by Gasteiger charge is 2.40. The third kappa shape index (κ3) is 2.65. The van der Waals surface area contributed by atoms with E-state index in [9.17, 15) is 0 Å². The van der Waals surface area contributed by atoms with Crippen molar-refractivity contribution in [1.82, 2.24) is 15.1 Å². The van der Waals surface area contributed by atoms with Gasteiger partial charge in [-0.15, -0.1) is 0 Å². The molecule has 112 valence electrons. The van der Waals surface area contributed by atoms with Crippen LogP contribution >= 0.6 is 0 Å². The average molecular weight is 275 g/mol. The molecule has 3 rings (SSSR count). The van der Waals surface area contributed by atoms with Crippen LogP contribution in [0.4, 0.5) is 0 Å². The van der Waals surface area contributed by atoms with Crippen LogP contribution in [0, 0.1) is 17.8 Å². The predicted molar refractivity (Wildman–Crippen MR) is 82.6 cm³/mol. The van der Waals surface area contributed by atoms with Crippen molar-refractivity contribution in [3.8, 4) is 0 Å². The first kappa shape index (κ1) is 14.1. The summed E-state index contributed by atoms with van der Waals surface area (Å²) in [6, 6.07) is 0.507. The maximum atomic E-state index is 4.63. The second kappa shape index (κ2) is 5.88. The molecule has 1 aromatic rings. The molecule has 1 N–H and O–H groups in total. The Hall–Kier alpha value is -0.830. The molecule has 0 aliphatic heterocycles. The molecule has 0 radical (unpaired) electrons. The third-order valence-electron chi connectivity index (χ3n) is 5.52. The van der Waals surface area contributed by atoms with Crippen molar-refractivity contribution in [1.29, 1.82) is 0 Å². The number of rotatable bonds is 6. The van der Waals surface area contributed by atoms with E-state index in [1.165, 1.54) is 43.4 Å². The van der Waals surface area contributed by atoms with E-state index in [2.05, 4.69) is 30.5 Å². The topological polar surface area (TPSA) is 29.9 Å². The van der Waals surface area contributed by atoms with Crippen molar-refractivity contribution in [3.05, 3.63) is 17.5 Å². The van der Waals surface area contributed by atoms with Crippen LogP contribution < -0.4 is 5.32 Å². The van der Waals surface area contributed by atoms with Gasteiger partial charge in [0.25, 0.3) is 0 Å². The minimum Gasteiger partial charge on any atom is -0.310 e. The predicted octanol–water partition coefficient (Wildman–Crippen LogP) is 3.46. The molecule has 2 saturated carbocycles. The molecule has 0 spiro atoms. The van der Waals surface area contributed by atoms with Crippen LogP contribution in [-0.4, -0.2) is 16.3 Å². The first-order valence-corrected chi connectivity index (χ1v) is 8.47. The minimum atomic E-state index is 0.507. The van der Waals surface area contributed by atoms with Crippen molar-refractivity contribution in [3.63, 3.8) is 0 Å². The van der Waals surface area contributed by atoms with Crippen molar-refractivity contribution >= 4 is 0 Å². The number of fused-ring (bicyclic) bond motifs is 2. The molecular formula is C17H29N3. The molecule has 0 amide bonds. The van der Waals surface area contributed by atoms with Crippen LogP contribution in [0.15, 0.2) is 6.20 Å². The number of nitrogens with zero attached hydrogens (tertiary/aromatic N) is 2. The van der Waals surface area contributed by atoms with Crippen LogP contribution in [0.25, 0.3) is 0 Å². The van der Waals surface area contributed by atoms with Crippen LogP contribution in [0.2, 0.25) is 0 Å². The van der Waals surface area contributed by atoms with E-state index in [1.54, 1.807) is 0 Å². The van der Waals surface area contributed by atoms with Gasteiger partial charge in [-0.1, -0.05) is 20.3 Å². The Balaban J connectivity index is 1.74. The largest absolute Gasteiger partial charge is 0.310 e. The first-order chi connectivity index (χ1) is 9.71. The van der Waals surface area contributed by atoms with Crippen LogP contribution in [-0.2, 0) is 13.5 Å². The number of hydrogen-bond donors (Lipinski definition) is 1. The lowest BCUT2D eigenvalue weighted by atomic mass is 9.82. The van der Waals surface area contributed by atoms with E-state index in [0.29, 0.717) is 6.04 Å². The zero-order valence-corrected chi connectivity index (χ0v) is 13.2. The van der Waals surface area contributed by atoms with Crippen molar-refractivity contribution in [2.75, 3.05) is 6.54 Å². The number of aromatic nitrogens is 2. The number of nitrogens with one attached hydrogen (secondary N) is 1. The molecule has 2 aliphatic carbocycles. The van der Waals surface area contributed by atoms with E-state index >= 15 is 0 Å². The van der Waals surface area contributed by atoms with Crippen LogP contribution in [0.1, 0.15) is 63.3 Å². The summed E-state index contributed by atoms with van der Waals surface area (Å²) in [5.74, 6) is 3.01. The standard InChI is InChI=1S/C17H29N3/c1-4-16-15(11-20(3)19-16)17(18-5-2)10-14-9-12-6-7-13(14)8-12/h11-14,17-18H,4-10H2,1-3H3. The molecule has 1 aromatic heterocycles. The van der Waals surface area contributed by atoms with E-state index in [1.807, 2.05) is 11.7 Å². The highest BCUT2D eigenvalue weighted by atomic mass is 15.3. The first-order valence-electron chi connectivity index (χ1n) is 8.47. The molecular weight excluding hydrogens is 246 g/mol. The summed E-state index contributed by atoms with van der Waals surface area (Å²) in [6.45, 7) is 5.48. The Morgan fingerprint density at radius 2 is 2.20 bits per heavy atom. The lowest BCUT2D eigenvalue weighted by Crippen LogP contribution is -2.26. The molecule has 20 heavy (non-hydrogen) atoms. The summed E-state index contributed by atoms with van der Waals surface area (Å²) < 4.78 is 1.99. The number of hydrogen-bond acceptors (Lipinski definition) is 2. The Morgan fingerprint density at radius 3 is 2.80 bits per heavy atom. The maximum absolute atomic E-state index is 4.63. The maximum Gasteiger partial charge on any atom is 0.0669 e. The minimum absolute atomic E-state index is 0.507. The van der Waals surface area contributed by atoms with Gasteiger partial charge in [-0.3, -0.25) is 4.68 Å². The molecule has 2 bridgehead atoms. The van der Waals surface area contributed by atoms with Gasteiger partial charge < -0.3 is 5.32 Å². The third-order valence-corrected chi connectivity index (χ3v) is 5.52. The highest BCUT2D eigenvalue weighted by Crippen LogP contribution is 2.51. The van der Waals surface area contributed by atoms with E-state index < -0.39 is 0 Å². The van der Waals surface area contributed by atoms with Crippen molar-refractivity contribution < 1.29 is 0 Å².